The van der Waals surface area contributed by atoms with E-state index in [-0.39, 0.29) is 6.29 Å². The summed E-state index contributed by atoms with van der Waals surface area (Å²) in [5.74, 6) is 0. The molecule has 0 radical (unpaired) electrons. The summed E-state index contributed by atoms with van der Waals surface area (Å²) >= 11 is 0. The number of rotatable bonds is 4. The molecule has 0 saturated heterocycles. The summed E-state index contributed by atoms with van der Waals surface area (Å²) in [7, 11) is 0. The third-order valence-electron chi connectivity index (χ3n) is 10.4. The Bertz CT molecular complexity index is 3050. The summed E-state index contributed by atoms with van der Waals surface area (Å²) in [4.78, 5) is 4.89. The van der Waals surface area contributed by atoms with Crippen molar-refractivity contribution in [1.29, 1.82) is 0 Å². The molecule has 1 N–H and O–H groups in total. The van der Waals surface area contributed by atoms with E-state index in [9.17, 15) is 0 Å². The Hall–Kier alpha value is -6.85. The molecule has 1 aliphatic heterocycles. The van der Waals surface area contributed by atoms with Crippen LogP contribution in [-0.2, 0) is 0 Å². The Balaban J connectivity index is 1.09. The molecule has 51 heavy (non-hydrogen) atoms. The van der Waals surface area contributed by atoms with Crippen molar-refractivity contribution < 1.29 is 4.42 Å². The van der Waals surface area contributed by atoms with Gasteiger partial charge in [-0.25, -0.2) is 4.99 Å². The Kier molecular flexibility index (Phi) is 5.95. The number of hydrogen-bond donors (Lipinski definition) is 1. The zero-order chi connectivity index (χ0) is 33.5. The lowest BCUT2D eigenvalue weighted by Crippen LogP contribution is -2.26. The summed E-state index contributed by atoms with van der Waals surface area (Å²) < 4.78 is 11.1. The number of benzene rings is 7. The summed E-state index contributed by atoms with van der Waals surface area (Å²) in [5.41, 5.74) is 12.1. The van der Waals surface area contributed by atoms with E-state index in [1.807, 2.05) is 30.5 Å². The van der Waals surface area contributed by atoms with Crippen LogP contribution in [0.25, 0.3) is 88.1 Å². The van der Waals surface area contributed by atoms with Crippen molar-refractivity contribution in [3.05, 3.63) is 169 Å². The summed E-state index contributed by atoms with van der Waals surface area (Å²) in [6.07, 6.45) is 3.69. The topological polar surface area (TPSA) is 47.4 Å². The number of aromatic nitrogens is 2. The molecular formula is C46H30N4O. The predicted octanol–water partition coefficient (Wildman–Crippen LogP) is 11.6. The molecule has 1 atom stereocenters. The van der Waals surface area contributed by atoms with E-state index >= 15 is 0 Å². The van der Waals surface area contributed by atoms with Crippen molar-refractivity contribution >= 4 is 77.5 Å². The van der Waals surface area contributed by atoms with Gasteiger partial charge in [-0.15, -0.1) is 0 Å². The van der Waals surface area contributed by atoms with Gasteiger partial charge in [0.2, 0.25) is 6.29 Å². The van der Waals surface area contributed by atoms with Crippen molar-refractivity contribution in [3.8, 4) is 16.8 Å². The molecule has 0 spiro atoms. The molecule has 0 bridgehead atoms. The smallest absolute Gasteiger partial charge is 0.200 e. The van der Waals surface area contributed by atoms with Crippen molar-refractivity contribution in [2.24, 2.45) is 4.99 Å². The first kappa shape index (κ1) is 28.0. The van der Waals surface area contributed by atoms with Gasteiger partial charge in [0.1, 0.15) is 11.2 Å². The van der Waals surface area contributed by atoms with Gasteiger partial charge in [0.25, 0.3) is 0 Å². The maximum atomic E-state index is 6.38. The van der Waals surface area contributed by atoms with Crippen LogP contribution in [0.15, 0.2) is 173 Å². The third kappa shape index (κ3) is 4.25. The number of para-hydroxylation sites is 3. The zero-order valence-corrected chi connectivity index (χ0v) is 27.5. The van der Waals surface area contributed by atoms with Crippen molar-refractivity contribution in [1.82, 2.24) is 14.5 Å². The van der Waals surface area contributed by atoms with Gasteiger partial charge in [0.15, 0.2) is 0 Å². The van der Waals surface area contributed by atoms with Gasteiger partial charge < -0.3 is 18.9 Å². The lowest BCUT2D eigenvalue weighted by Gasteiger charge is -2.24. The van der Waals surface area contributed by atoms with Crippen molar-refractivity contribution in [3.63, 3.8) is 0 Å². The molecule has 3 aromatic heterocycles. The van der Waals surface area contributed by atoms with Crippen LogP contribution in [0.4, 0.5) is 0 Å². The number of aliphatic imine (C=N–C) groups is 1. The van der Waals surface area contributed by atoms with E-state index in [1.54, 1.807) is 0 Å². The number of hydrogen-bond acceptors (Lipinski definition) is 3. The van der Waals surface area contributed by atoms with E-state index in [0.29, 0.717) is 0 Å². The predicted molar refractivity (Wildman–Crippen MR) is 212 cm³/mol. The lowest BCUT2D eigenvalue weighted by molar-refractivity contribution is 0.510. The molecule has 0 aliphatic carbocycles. The first-order valence-corrected chi connectivity index (χ1v) is 17.3. The second kappa shape index (κ2) is 10.8. The van der Waals surface area contributed by atoms with Crippen molar-refractivity contribution in [2.45, 2.75) is 6.29 Å². The highest BCUT2D eigenvalue weighted by atomic mass is 16.3. The quantitative estimate of drug-likeness (QED) is 0.205. The SMILES string of the molecule is C1=NC(n2c3ccccc3c3cc(-c4ccc5c(c4)c4cc6oc7ccccc7c6cc4n5-c4ccccc4)ccc32)NC(c2ccccc2)=C1. The molecular weight excluding hydrogens is 625 g/mol. The maximum absolute atomic E-state index is 6.38. The summed E-state index contributed by atoms with van der Waals surface area (Å²) in [5, 5.41) is 10.7. The van der Waals surface area contributed by atoms with E-state index < -0.39 is 0 Å². The fourth-order valence-electron chi connectivity index (χ4n) is 8.07. The monoisotopic (exact) mass is 654 g/mol. The Labute approximate surface area is 293 Å². The number of furan rings is 1. The van der Waals surface area contributed by atoms with Gasteiger partial charge in [0.05, 0.1) is 22.1 Å². The van der Waals surface area contributed by atoms with Crippen LogP contribution >= 0.6 is 0 Å². The molecule has 0 saturated carbocycles. The van der Waals surface area contributed by atoms with Crippen molar-refractivity contribution in [2.75, 3.05) is 0 Å². The molecule has 11 rings (SSSR count). The van der Waals surface area contributed by atoms with Gasteiger partial charge in [-0.1, -0.05) is 97.1 Å². The Morgan fingerprint density at radius 2 is 1.12 bits per heavy atom. The van der Waals surface area contributed by atoms with Crippen LogP contribution in [0, 0.1) is 0 Å². The second-order valence-corrected chi connectivity index (χ2v) is 13.2. The van der Waals surface area contributed by atoms with Crippen LogP contribution in [0.1, 0.15) is 11.9 Å². The first-order chi connectivity index (χ1) is 25.3. The molecule has 1 aliphatic rings. The van der Waals surface area contributed by atoms with Crippen LogP contribution in [-0.4, -0.2) is 15.3 Å². The van der Waals surface area contributed by atoms with E-state index in [1.165, 1.54) is 32.7 Å². The minimum atomic E-state index is -0.269. The highest BCUT2D eigenvalue weighted by molar-refractivity contribution is 6.18. The van der Waals surface area contributed by atoms with Gasteiger partial charge >= 0.3 is 0 Å². The van der Waals surface area contributed by atoms with Gasteiger partial charge in [-0.3, -0.25) is 0 Å². The summed E-state index contributed by atoms with van der Waals surface area (Å²) in [6.45, 7) is 0. The van der Waals surface area contributed by atoms with E-state index in [4.69, 9.17) is 9.41 Å². The van der Waals surface area contributed by atoms with Gasteiger partial charge in [-0.2, -0.15) is 0 Å². The second-order valence-electron chi connectivity index (χ2n) is 13.2. The van der Waals surface area contributed by atoms with Crippen LogP contribution in [0.3, 0.4) is 0 Å². The van der Waals surface area contributed by atoms with Gasteiger partial charge in [0, 0.05) is 49.9 Å². The highest BCUT2D eigenvalue weighted by Crippen LogP contribution is 2.41. The van der Waals surface area contributed by atoms with Crippen LogP contribution in [0.5, 0.6) is 0 Å². The van der Waals surface area contributed by atoms with Gasteiger partial charge in [-0.05, 0) is 83.4 Å². The standard InChI is InChI=1S/C46H30N4O/c1-3-11-29(12-4-1)39-23-24-47-46(48-39)50-40-17-9-7-15-33(40)35-25-30(20-22-42(35)50)31-19-21-41-36(26-31)37-28-45-38(34-16-8-10-18-44(34)51-45)27-43(37)49(41)32-13-5-2-6-14-32/h1-28,46,48H. The molecule has 4 heterocycles. The molecule has 0 amide bonds. The number of nitrogens with one attached hydrogen (secondary N) is 1. The normalized spacial score (nSPS) is 14.7. The minimum absolute atomic E-state index is 0.269. The first-order valence-electron chi connectivity index (χ1n) is 17.3. The Morgan fingerprint density at radius 3 is 1.94 bits per heavy atom. The number of allylic oxidation sites excluding steroid dienone is 1. The molecule has 5 heteroatoms. The average Bonchev–Trinajstić information content (AvgIpc) is 3.84. The Morgan fingerprint density at radius 1 is 0.471 bits per heavy atom. The van der Waals surface area contributed by atoms with E-state index in [0.717, 1.165) is 61.0 Å². The minimum Gasteiger partial charge on any atom is -0.456 e. The molecule has 240 valence electrons. The third-order valence-corrected chi connectivity index (χ3v) is 10.4. The van der Waals surface area contributed by atoms with Crippen LogP contribution < -0.4 is 5.32 Å². The molecule has 1 unspecified atom stereocenters. The van der Waals surface area contributed by atoms with Crippen LogP contribution in [0.2, 0.25) is 0 Å². The van der Waals surface area contributed by atoms with E-state index in [2.05, 4.69) is 154 Å². The zero-order valence-electron chi connectivity index (χ0n) is 27.5. The fraction of sp³-hybridized carbons (Fsp3) is 0.0217. The number of nitrogens with zero attached hydrogens (tertiary/aromatic N) is 3. The molecule has 5 nitrogen and oxygen atoms in total. The molecule has 10 aromatic rings. The fourth-order valence-corrected chi connectivity index (χ4v) is 8.07. The molecule has 7 aromatic carbocycles. The number of fused-ring (bicyclic) bond motifs is 9. The highest BCUT2D eigenvalue weighted by Gasteiger charge is 2.21. The maximum Gasteiger partial charge on any atom is 0.200 e. The largest absolute Gasteiger partial charge is 0.456 e. The average molecular weight is 655 g/mol. The summed E-state index contributed by atoms with van der Waals surface area (Å²) in [6, 6.07) is 56.2. The lowest BCUT2D eigenvalue weighted by atomic mass is 10.0. The molecule has 0 fully saturated rings.